The largest absolute Gasteiger partial charge is 0.368 e. The van der Waals surface area contributed by atoms with Gasteiger partial charge in [-0.3, -0.25) is 4.90 Å². The van der Waals surface area contributed by atoms with Crippen molar-refractivity contribution in [3.05, 3.63) is 78.4 Å². The zero-order valence-electron chi connectivity index (χ0n) is 18.0. The van der Waals surface area contributed by atoms with Gasteiger partial charge < -0.3 is 9.74 Å². The third kappa shape index (κ3) is 3.16. The first-order valence-corrected chi connectivity index (χ1v) is 10.8. The molecule has 3 aromatic carbocycles. The van der Waals surface area contributed by atoms with Crippen molar-refractivity contribution in [1.29, 1.82) is 0 Å². The van der Waals surface area contributed by atoms with Crippen molar-refractivity contribution in [2.24, 2.45) is 11.1 Å². The molecular weight excluding hydrogens is 389 g/mol. The highest BCUT2D eigenvalue weighted by Gasteiger charge is 2.43. The van der Waals surface area contributed by atoms with Crippen LogP contribution in [0.15, 0.2) is 78.0 Å². The van der Waals surface area contributed by atoms with E-state index in [1.807, 2.05) is 37.3 Å². The summed E-state index contributed by atoms with van der Waals surface area (Å²) in [4.78, 5) is 10.1. The normalized spacial score (nSPS) is 18.3. The minimum atomic E-state index is -0.992. The summed E-state index contributed by atoms with van der Waals surface area (Å²) in [6, 6.07) is 24.9. The monoisotopic (exact) mass is 415 g/mol. The summed E-state index contributed by atoms with van der Waals surface area (Å²) in [5, 5.41) is 4.46. The predicted molar refractivity (Wildman–Crippen MR) is 125 cm³/mol. The molecule has 3 aromatic rings. The maximum atomic E-state index is 14.4. The van der Waals surface area contributed by atoms with Crippen LogP contribution in [0.5, 0.6) is 0 Å². The fourth-order valence-electron chi connectivity index (χ4n) is 4.64. The van der Waals surface area contributed by atoms with Crippen LogP contribution in [0.4, 0.5) is 21.5 Å². The van der Waals surface area contributed by atoms with Crippen LogP contribution >= 0.6 is 0 Å². The zero-order valence-corrected chi connectivity index (χ0v) is 18.0. The van der Waals surface area contributed by atoms with E-state index in [1.54, 1.807) is 6.92 Å². The van der Waals surface area contributed by atoms with Crippen LogP contribution in [-0.2, 0) is 4.84 Å². The van der Waals surface area contributed by atoms with E-state index < -0.39 is 12.4 Å². The van der Waals surface area contributed by atoms with E-state index in [1.165, 1.54) is 0 Å². The highest BCUT2D eigenvalue weighted by atomic mass is 19.1. The molecule has 0 radical (unpaired) electrons. The molecule has 3 unspecified atom stereocenters. The summed E-state index contributed by atoms with van der Waals surface area (Å²) in [6.45, 7) is 3.60. The topological polar surface area (TPSA) is 28.1 Å². The van der Waals surface area contributed by atoms with E-state index in [4.69, 9.17) is 4.84 Å². The van der Waals surface area contributed by atoms with Gasteiger partial charge in [-0.25, -0.2) is 4.39 Å². The molecule has 3 atom stereocenters. The second kappa shape index (κ2) is 7.73. The van der Waals surface area contributed by atoms with Crippen molar-refractivity contribution < 1.29 is 9.23 Å². The van der Waals surface area contributed by atoms with Crippen LogP contribution in [-0.4, -0.2) is 25.3 Å². The minimum Gasteiger partial charge on any atom is -0.368 e. The molecular formula is C26H26FN3O. The summed E-state index contributed by atoms with van der Waals surface area (Å²) in [6.07, 6.45) is -0.772. The molecule has 4 nitrogen and oxygen atoms in total. The molecule has 0 spiro atoms. The molecule has 0 N–H and O–H groups in total. The number of anilines is 3. The molecule has 158 valence electrons. The van der Waals surface area contributed by atoms with Crippen molar-refractivity contribution in [3.63, 3.8) is 0 Å². The first-order valence-electron chi connectivity index (χ1n) is 10.8. The molecule has 0 bridgehead atoms. The van der Waals surface area contributed by atoms with Crippen LogP contribution < -0.4 is 9.80 Å². The Kier molecular flexibility index (Phi) is 4.89. The molecule has 31 heavy (non-hydrogen) atoms. The van der Waals surface area contributed by atoms with E-state index in [0.29, 0.717) is 6.42 Å². The smallest absolute Gasteiger partial charge is 0.211 e. The maximum absolute atomic E-state index is 14.4. The summed E-state index contributed by atoms with van der Waals surface area (Å²) in [7, 11) is 2.05. The quantitative estimate of drug-likeness (QED) is 0.486. The molecule has 2 aliphatic heterocycles. The van der Waals surface area contributed by atoms with E-state index in [9.17, 15) is 4.39 Å². The van der Waals surface area contributed by atoms with Crippen LogP contribution in [0.2, 0.25) is 0 Å². The molecule has 0 amide bonds. The van der Waals surface area contributed by atoms with Crippen molar-refractivity contribution >= 4 is 22.9 Å². The fraction of sp³-hybridized carbons (Fsp3) is 0.269. The molecule has 0 saturated carbocycles. The van der Waals surface area contributed by atoms with Crippen molar-refractivity contribution in [1.82, 2.24) is 0 Å². The average Bonchev–Trinajstić information content (AvgIpc) is 3.24. The Morgan fingerprint density at radius 2 is 1.71 bits per heavy atom. The van der Waals surface area contributed by atoms with Gasteiger partial charge in [0.2, 0.25) is 6.23 Å². The van der Waals surface area contributed by atoms with Crippen molar-refractivity contribution in [2.75, 3.05) is 16.8 Å². The SMILES string of the molecule is CCC(C(C)F)C1ON=C2c3cc(N(C)c4ccccc4)ccc3-c3ccccc3N21. The lowest BCUT2D eigenvalue weighted by Crippen LogP contribution is -2.45. The predicted octanol–water partition coefficient (Wildman–Crippen LogP) is 6.34. The van der Waals surface area contributed by atoms with Gasteiger partial charge in [0, 0.05) is 35.5 Å². The van der Waals surface area contributed by atoms with Gasteiger partial charge in [-0.05, 0) is 49.2 Å². The Morgan fingerprint density at radius 3 is 2.45 bits per heavy atom. The number of hydrogen-bond donors (Lipinski definition) is 0. The average molecular weight is 416 g/mol. The molecule has 0 aromatic heterocycles. The van der Waals surface area contributed by atoms with E-state index >= 15 is 0 Å². The van der Waals surface area contributed by atoms with Crippen LogP contribution in [0.1, 0.15) is 25.8 Å². The minimum absolute atomic E-state index is 0.272. The summed E-state index contributed by atoms with van der Waals surface area (Å²) >= 11 is 0. The second-order valence-electron chi connectivity index (χ2n) is 8.17. The van der Waals surface area contributed by atoms with Crippen LogP contribution in [0.3, 0.4) is 0 Å². The number of para-hydroxylation sites is 2. The standard InChI is InChI=1S/C26H26FN3O/c1-4-20(17(2)27)26-30-24-13-9-8-12-22(24)21-15-14-19(16-23(21)25(30)28-31-26)29(3)18-10-6-5-7-11-18/h5-17,20,26H,4H2,1-3H3. The molecule has 5 rings (SSSR count). The van der Waals surface area contributed by atoms with E-state index in [0.717, 1.165) is 39.6 Å². The molecule has 0 saturated heterocycles. The lowest BCUT2D eigenvalue weighted by molar-refractivity contribution is 0.0119. The van der Waals surface area contributed by atoms with E-state index in [-0.39, 0.29) is 5.92 Å². The Labute approximate surface area is 182 Å². The molecule has 0 fully saturated rings. The number of benzene rings is 3. The Hall–Kier alpha value is -3.34. The lowest BCUT2D eigenvalue weighted by Gasteiger charge is -2.36. The number of nitrogens with zero attached hydrogens (tertiary/aromatic N) is 3. The highest BCUT2D eigenvalue weighted by Crippen LogP contribution is 2.45. The zero-order chi connectivity index (χ0) is 21.5. The van der Waals surface area contributed by atoms with Crippen molar-refractivity contribution in [2.45, 2.75) is 32.7 Å². The first kappa shape index (κ1) is 19.6. The van der Waals surface area contributed by atoms with Gasteiger partial charge in [0.1, 0.15) is 6.17 Å². The Morgan fingerprint density at radius 1 is 0.968 bits per heavy atom. The van der Waals surface area contributed by atoms with Gasteiger partial charge in [-0.1, -0.05) is 54.5 Å². The van der Waals surface area contributed by atoms with Gasteiger partial charge in [-0.15, -0.1) is 0 Å². The third-order valence-corrected chi connectivity index (χ3v) is 6.39. The highest BCUT2D eigenvalue weighted by molar-refractivity contribution is 6.20. The Balaban J connectivity index is 1.62. The van der Waals surface area contributed by atoms with Gasteiger partial charge >= 0.3 is 0 Å². The van der Waals surface area contributed by atoms with Gasteiger partial charge in [-0.2, -0.15) is 0 Å². The molecule has 2 heterocycles. The number of fused-ring (bicyclic) bond motifs is 6. The van der Waals surface area contributed by atoms with Crippen LogP contribution in [0.25, 0.3) is 11.1 Å². The van der Waals surface area contributed by atoms with Gasteiger partial charge in [0.25, 0.3) is 0 Å². The molecule has 5 heteroatoms. The third-order valence-electron chi connectivity index (χ3n) is 6.39. The second-order valence-corrected chi connectivity index (χ2v) is 8.17. The number of hydrogen-bond acceptors (Lipinski definition) is 4. The number of oxime groups is 1. The molecule has 0 aliphatic carbocycles. The van der Waals surface area contributed by atoms with Crippen molar-refractivity contribution in [3.8, 4) is 11.1 Å². The van der Waals surface area contributed by atoms with Gasteiger partial charge in [0.15, 0.2) is 5.84 Å². The lowest BCUT2D eigenvalue weighted by atomic mass is 9.90. The van der Waals surface area contributed by atoms with Gasteiger partial charge in [0.05, 0.1) is 5.69 Å². The first-order chi connectivity index (χ1) is 15.1. The maximum Gasteiger partial charge on any atom is 0.211 e. The number of amidine groups is 1. The fourth-order valence-corrected chi connectivity index (χ4v) is 4.64. The number of halogens is 1. The molecule has 2 aliphatic rings. The summed E-state index contributed by atoms with van der Waals surface area (Å²) in [5.74, 6) is 0.479. The summed E-state index contributed by atoms with van der Waals surface area (Å²) in [5.41, 5.74) is 6.41. The van der Waals surface area contributed by atoms with Crippen LogP contribution in [0, 0.1) is 5.92 Å². The number of rotatable bonds is 5. The number of alkyl halides is 1. The Bertz CT molecular complexity index is 1130. The summed E-state index contributed by atoms with van der Waals surface area (Å²) < 4.78 is 14.4. The van der Waals surface area contributed by atoms with E-state index in [2.05, 4.69) is 64.5 Å².